The van der Waals surface area contributed by atoms with Gasteiger partial charge in [-0.15, -0.1) is 0 Å². The van der Waals surface area contributed by atoms with E-state index in [4.69, 9.17) is 16.1 Å². The number of rotatable bonds is 4. The first-order valence-corrected chi connectivity index (χ1v) is 8.00. The van der Waals surface area contributed by atoms with Crippen molar-refractivity contribution in [3.8, 4) is 0 Å². The van der Waals surface area contributed by atoms with Gasteiger partial charge in [0.1, 0.15) is 12.0 Å². The summed E-state index contributed by atoms with van der Waals surface area (Å²) in [4.78, 5) is 17.3. The van der Waals surface area contributed by atoms with Crippen LogP contribution in [0.15, 0.2) is 10.9 Å². The lowest BCUT2D eigenvalue weighted by atomic mass is 10.3. The van der Waals surface area contributed by atoms with Crippen molar-refractivity contribution >= 4 is 23.1 Å². The summed E-state index contributed by atoms with van der Waals surface area (Å²) >= 11 is 6.15. The van der Waals surface area contributed by atoms with Crippen LogP contribution in [0.2, 0.25) is 5.15 Å². The number of hydrogen-bond acceptors (Lipinski definition) is 8. The SMILES string of the molecule is CNc1c(Cl)ncnc1N1CCCN(Cc2noc(C)n2)CC1. The maximum atomic E-state index is 6.15. The third-order valence-electron chi connectivity index (χ3n) is 3.85. The Bertz CT molecular complexity index is 662. The number of nitrogens with zero attached hydrogens (tertiary/aromatic N) is 6. The zero-order valence-electron chi connectivity index (χ0n) is 13.3. The molecule has 1 aliphatic heterocycles. The second-order valence-electron chi connectivity index (χ2n) is 5.46. The van der Waals surface area contributed by atoms with E-state index in [1.54, 1.807) is 6.92 Å². The van der Waals surface area contributed by atoms with Gasteiger partial charge in [-0.25, -0.2) is 9.97 Å². The van der Waals surface area contributed by atoms with Crippen molar-refractivity contribution in [1.29, 1.82) is 0 Å². The molecule has 1 N–H and O–H groups in total. The van der Waals surface area contributed by atoms with Crippen LogP contribution in [-0.4, -0.2) is 58.2 Å². The summed E-state index contributed by atoms with van der Waals surface area (Å²) in [6.07, 6.45) is 2.53. The largest absolute Gasteiger partial charge is 0.383 e. The highest BCUT2D eigenvalue weighted by Crippen LogP contribution is 2.29. The monoisotopic (exact) mass is 337 g/mol. The molecule has 2 aromatic rings. The van der Waals surface area contributed by atoms with Crippen molar-refractivity contribution in [2.45, 2.75) is 19.9 Å². The first-order valence-electron chi connectivity index (χ1n) is 7.62. The topological polar surface area (TPSA) is 83.2 Å². The van der Waals surface area contributed by atoms with E-state index < -0.39 is 0 Å². The second kappa shape index (κ2) is 7.10. The summed E-state index contributed by atoms with van der Waals surface area (Å²) in [5.74, 6) is 2.19. The van der Waals surface area contributed by atoms with Crippen LogP contribution in [0, 0.1) is 6.92 Å². The molecule has 0 atom stereocenters. The smallest absolute Gasteiger partial charge is 0.223 e. The summed E-state index contributed by atoms with van der Waals surface area (Å²) in [5.41, 5.74) is 0.774. The van der Waals surface area contributed by atoms with Gasteiger partial charge in [-0.05, 0) is 6.42 Å². The van der Waals surface area contributed by atoms with Gasteiger partial charge >= 0.3 is 0 Å². The maximum absolute atomic E-state index is 6.15. The van der Waals surface area contributed by atoms with Gasteiger partial charge in [-0.2, -0.15) is 4.98 Å². The van der Waals surface area contributed by atoms with E-state index in [-0.39, 0.29) is 0 Å². The molecule has 0 aromatic carbocycles. The highest BCUT2D eigenvalue weighted by atomic mass is 35.5. The van der Waals surface area contributed by atoms with Gasteiger partial charge in [0.25, 0.3) is 0 Å². The fourth-order valence-corrected chi connectivity index (χ4v) is 2.98. The summed E-state index contributed by atoms with van der Waals surface area (Å²) in [7, 11) is 1.83. The van der Waals surface area contributed by atoms with Crippen molar-refractivity contribution in [3.05, 3.63) is 23.2 Å². The van der Waals surface area contributed by atoms with E-state index in [2.05, 4.69) is 35.2 Å². The van der Waals surface area contributed by atoms with Crippen molar-refractivity contribution in [2.75, 3.05) is 43.4 Å². The lowest BCUT2D eigenvalue weighted by Crippen LogP contribution is -2.31. The van der Waals surface area contributed by atoms with Crippen molar-refractivity contribution in [2.24, 2.45) is 0 Å². The zero-order valence-corrected chi connectivity index (χ0v) is 14.0. The molecule has 0 spiro atoms. The number of anilines is 2. The van der Waals surface area contributed by atoms with Crippen LogP contribution >= 0.6 is 11.6 Å². The fraction of sp³-hybridized carbons (Fsp3) is 0.571. The summed E-state index contributed by atoms with van der Waals surface area (Å²) in [6, 6.07) is 0. The molecule has 3 rings (SSSR count). The van der Waals surface area contributed by atoms with Crippen molar-refractivity contribution < 1.29 is 4.52 Å². The predicted octanol–water partition coefficient (Wildman–Crippen LogP) is 1.58. The summed E-state index contributed by atoms with van der Waals surface area (Å²) in [5, 5.41) is 7.50. The Morgan fingerprint density at radius 2 is 2.13 bits per heavy atom. The van der Waals surface area contributed by atoms with Crippen LogP contribution in [0.5, 0.6) is 0 Å². The highest BCUT2D eigenvalue weighted by molar-refractivity contribution is 6.32. The van der Waals surface area contributed by atoms with Gasteiger partial charge in [0.15, 0.2) is 16.8 Å². The molecule has 8 nitrogen and oxygen atoms in total. The minimum absolute atomic E-state index is 0.445. The van der Waals surface area contributed by atoms with Gasteiger partial charge in [-0.1, -0.05) is 16.8 Å². The number of aryl methyl sites for hydroxylation is 1. The summed E-state index contributed by atoms with van der Waals surface area (Å²) in [6.45, 7) is 6.17. The van der Waals surface area contributed by atoms with Crippen LogP contribution in [-0.2, 0) is 6.54 Å². The number of halogens is 1. The zero-order chi connectivity index (χ0) is 16.2. The first-order chi connectivity index (χ1) is 11.2. The molecule has 0 bridgehead atoms. The Balaban J connectivity index is 1.68. The molecule has 124 valence electrons. The van der Waals surface area contributed by atoms with Crippen LogP contribution in [0.25, 0.3) is 0 Å². The Labute approximate surface area is 139 Å². The van der Waals surface area contributed by atoms with Gasteiger partial charge in [-0.3, -0.25) is 4.90 Å². The van der Waals surface area contributed by atoms with Gasteiger partial charge < -0.3 is 14.7 Å². The van der Waals surface area contributed by atoms with E-state index in [0.717, 1.165) is 49.9 Å². The highest BCUT2D eigenvalue weighted by Gasteiger charge is 2.20. The van der Waals surface area contributed by atoms with Gasteiger partial charge in [0.2, 0.25) is 5.89 Å². The molecule has 1 fully saturated rings. The molecule has 0 aliphatic carbocycles. The van der Waals surface area contributed by atoms with Crippen molar-refractivity contribution in [3.63, 3.8) is 0 Å². The molecule has 3 heterocycles. The Hall–Kier alpha value is -1.93. The Kier molecular flexibility index (Phi) is 4.92. The molecule has 0 unspecified atom stereocenters. The fourth-order valence-electron chi connectivity index (χ4n) is 2.76. The minimum Gasteiger partial charge on any atom is -0.383 e. The molecule has 0 radical (unpaired) electrons. The van der Waals surface area contributed by atoms with E-state index in [1.807, 2.05) is 7.05 Å². The Morgan fingerprint density at radius 3 is 2.87 bits per heavy atom. The van der Waals surface area contributed by atoms with E-state index in [1.165, 1.54) is 6.33 Å². The third-order valence-corrected chi connectivity index (χ3v) is 4.14. The standard InChI is InChI=1S/C14H20ClN7O/c1-10-19-11(20-23-10)8-21-4-3-5-22(7-6-21)14-12(16-2)13(15)17-9-18-14/h9,16H,3-8H2,1-2H3. The lowest BCUT2D eigenvalue weighted by molar-refractivity contribution is 0.272. The molecule has 0 amide bonds. The second-order valence-corrected chi connectivity index (χ2v) is 5.82. The minimum atomic E-state index is 0.445. The van der Waals surface area contributed by atoms with E-state index in [0.29, 0.717) is 17.6 Å². The lowest BCUT2D eigenvalue weighted by Gasteiger charge is -2.24. The normalized spacial score (nSPS) is 16.4. The quantitative estimate of drug-likeness (QED) is 0.842. The van der Waals surface area contributed by atoms with E-state index in [9.17, 15) is 0 Å². The Morgan fingerprint density at radius 1 is 1.26 bits per heavy atom. The number of nitrogens with one attached hydrogen (secondary N) is 1. The number of aromatic nitrogens is 4. The average Bonchev–Trinajstić information content (AvgIpc) is 2.81. The van der Waals surface area contributed by atoms with Crippen LogP contribution in [0.3, 0.4) is 0 Å². The molecule has 9 heteroatoms. The molecule has 23 heavy (non-hydrogen) atoms. The third kappa shape index (κ3) is 3.70. The molecule has 1 aliphatic rings. The summed E-state index contributed by atoms with van der Waals surface area (Å²) < 4.78 is 5.03. The molecular formula is C14H20ClN7O. The van der Waals surface area contributed by atoms with Gasteiger partial charge in [0, 0.05) is 40.2 Å². The number of hydrogen-bond donors (Lipinski definition) is 1. The van der Waals surface area contributed by atoms with Gasteiger partial charge in [0.05, 0.1) is 6.54 Å². The van der Waals surface area contributed by atoms with Crippen LogP contribution in [0.4, 0.5) is 11.5 Å². The predicted molar refractivity (Wildman–Crippen MR) is 87.7 cm³/mol. The molecule has 2 aromatic heterocycles. The van der Waals surface area contributed by atoms with Crippen LogP contribution < -0.4 is 10.2 Å². The molecular weight excluding hydrogens is 318 g/mol. The molecule has 0 saturated carbocycles. The first kappa shape index (κ1) is 15.9. The van der Waals surface area contributed by atoms with E-state index >= 15 is 0 Å². The maximum Gasteiger partial charge on any atom is 0.223 e. The van der Waals surface area contributed by atoms with Crippen LogP contribution in [0.1, 0.15) is 18.1 Å². The molecule has 1 saturated heterocycles. The van der Waals surface area contributed by atoms with Crippen molar-refractivity contribution in [1.82, 2.24) is 25.0 Å². The average molecular weight is 338 g/mol.